The van der Waals surface area contributed by atoms with E-state index in [1.54, 1.807) is 0 Å². The third-order valence-corrected chi connectivity index (χ3v) is 7.90. The van der Waals surface area contributed by atoms with Crippen LogP contribution >= 0.6 is 0 Å². The van der Waals surface area contributed by atoms with E-state index in [0.717, 1.165) is 22.3 Å². The van der Waals surface area contributed by atoms with E-state index in [-0.39, 0.29) is 12.3 Å². The minimum atomic E-state index is -0.910. The molecule has 3 aromatic rings. The highest BCUT2D eigenvalue weighted by Crippen LogP contribution is 2.36. The van der Waals surface area contributed by atoms with E-state index in [1.807, 2.05) is 84.9 Å². The molecule has 1 saturated heterocycles. The molecule has 3 aromatic carbocycles. The standard InChI is InChI=1S/C33H38N2O6/c36-27(16-15-23-9-3-1-4-10-23)20-26(19-24-11-5-2-6-12-24)32(38)35(34-33(39)41-28-17-18-40-22-28)31-29-14-8-7-13-25(29)21-30(31)37/h1-14,26-28,30-31,36-37H,15-22H2,(H,34,39)/t26-,27+,28+,30-,31+/m1/s1. The third kappa shape index (κ3) is 7.52. The fourth-order valence-electron chi connectivity index (χ4n) is 5.80. The van der Waals surface area contributed by atoms with Crippen LogP contribution in [-0.4, -0.2) is 58.7 Å². The molecule has 0 saturated carbocycles. The highest BCUT2D eigenvalue weighted by atomic mass is 16.6. The summed E-state index contributed by atoms with van der Waals surface area (Å²) in [4.78, 5) is 27.4. The van der Waals surface area contributed by atoms with Crippen LogP contribution in [0.25, 0.3) is 0 Å². The maximum atomic E-state index is 14.4. The zero-order valence-electron chi connectivity index (χ0n) is 23.1. The van der Waals surface area contributed by atoms with Crippen molar-refractivity contribution in [2.75, 3.05) is 13.2 Å². The van der Waals surface area contributed by atoms with E-state index in [1.165, 1.54) is 5.01 Å². The van der Waals surface area contributed by atoms with Crippen molar-refractivity contribution in [3.05, 3.63) is 107 Å². The molecule has 1 aliphatic heterocycles. The lowest BCUT2D eigenvalue weighted by Crippen LogP contribution is -2.53. The lowest BCUT2D eigenvalue weighted by Gasteiger charge is -2.35. The number of ether oxygens (including phenoxy) is 2. The number of nitrogens with one attached hydrogen (secondary N) is 1. The number of aliphatic hydroxyl groups excluding tert-OH is 2. The van der Waals surface area contributed by atoms with Gasteiger partial charge in [0.15, 0.2) is 0 Å². The average molecular weight is 559 g/mol. The molecule has 8 heteroatoms. The first kappa shape index (κ1) is 28.8. The Morgan fingerprint density at radius 2 is 1.66 bits per heavy atom. The Hall–Kier alpha value is -3.72. The topological polar surface area (TPSA) is 108 Å². The summed E-state index contributed by atoms with van der Waals surface area (Å²) in [6.45, 7) is 0.815. The van der Waals surface area contributed by atoms with Gasteiger partial charge < -0.3 is 19.7 Å². The van der Waals surface area contributed by atoms with Gasteiger partial charge in [-0.15, -0.1) is 0 Å². The number of aryl methyl sites for hydroxylation is 1. The molecule has 3 N–H and O–H groups in total. The van der Waals surface area contributed by atoms with Gasteiger partial charge in [0, 0.05) is 18.8 Å². The molecule has 8 nitrogen and oxygen atoms in total. The van der Waals surface area contributed by atoms with Crippen LogP contribution in [0.5, 0.6) is 0 Å². The summed E-state index contributed by atoms with van der Waals surface area (Å²) in [5.41, 5.74) is 6.44. The van der Waals surface area contributed by atoms with E-state index in [4.69, 9.17) is 9.47 Å². The van der Waals surface area contributed by atoms with E-state index in [0.29, 0.717) is 45.3 Å². The highest BCUT2D eigenvalue weighted by Gasteiger charge is 2.41. The largest absolute Gasteiger partial charge is 0.442 e. The summed E-state index contributed by atoms with van der Waals surface area (Å²) in [5.74, 6) is -1.04. The Morgan fingerprint density at radius 1 is 0.976 bits per heavy atom. The Labute approximate surface area is 240 Å². The number of fused-ring (bicyclic) bond motifs is 1. The smallest absolute Gasteiger partial charge is 0.426 e. The molecule has 0 radical (unpaired) electrons. The molecule has 1 fully saturated rings. The molecule has 2 aliphatic rings. The molecule has 2 amide bonds. The molecule has 5 atom stereocenters. The molecule has 5 rings (SSSR count). The molecule has 0 bridgehead atoms. The van der Waals surface area contributed by atoms with Gasteiger partial charge >= 0.3 is 6.09 Å². The van der Waals surface area contributed by atoms with Crippen molar-refractivity contribution in [3.63, 3.8) is 0 Å². The quantitative estimate of drug-likeness (QED) is 0.323. The predicted octanol–water partition coefficient (Wildman–Crippen LogP) is 4.15. The average Bonchev–Trinajstić information content (AvgIpc) is 3.62. The molecular weight excluding hydrogens is 520 g/mol. The van der Waals surface area contributed by atoms with Crippen molar-refractivity contribution in [1.82, 2.24) is 10.4 Å². The number of nitrogens with zero attached hydrogens (tertiary/aromatic N) is 1. The number of benzene rings is 3. The zero-order valence-corrected chi connectivity index (χ0v) is 23.1. The van der Waals surface area contributed by atoms with Gasteiger partial charge in [0.05, 0.1) is 25.4 Å². The van der Waals surface area contributed by atoms with Gasteiger partial charge in [0.1, 0.15) is 12.1 Å². The van der Waals surface area contributed by atoms with Gasteiger partial charge in [0.2, 0.25) is 5.91 Å². The molecule has 0 aromatic heterocycles. The van der Waals surface area contributed by atoms with Crippen LogP contribution in [0.4, 0.5) is 4.79 Å². The maximum Gasteiger partial charge on any atom is 0.426 e. The summed E-state index contributed by atoms with van der Waals surface area (Å²) < 4.78 is 10.9. The fourth-order valence-corrected chi connectivity index (χ4v) is 5.80. The normalized spacial score (nSPS) is 21.1. The number of hydrogen-bond acceptors (Lipinski definition) is 6. The van der Waals surface area contributed by atoms with E-state index in [2.05, 4.69) is 5.43 Å². The van der Waals surface area contributed by atoms with Crippen LogP contribution in [0.2, 0.25) is 0 Å². The Balaban J connectivity index is 1.39. The van der Waals surface area contributed by atoms with Crippen LogP contribution in [0.3, 0.4) is 0 Å². The van der Waals surface area contributed by atoms with Crippen LogP contribution in [0, 0.1) is 5.92 Å². The van der Waals surface area contributed by atoms with Gasteiger partial charge in [0.25, 0.3) is 0 Å². The monoisotopic (exact) mass is 558 g/mol. The lowest BCUT2D eigenvalue weighted by atomic mass is 9.90. The lowest BCUT2D eigenvalue weighted by molar-refractivity contribution is -0.145. The first-order chi connectivity index (χ1) is 20.0. The van der Waals surface area contributed by atoms with E-state index >= 15 is 0 Å². The van der Waals surface area contributed by atoms with Crippen molar-refractivity contribution in [3.8, 4) is 0 Å². The number of rotatable bonds is 10. The van der Waals surface area contributed by atoms with Crippen LogP contribution in [0.1, 0.15) is 47.6 Å². The van der Waals surface area contributed by atoms with Gasteiger partial charge in [-0.2, -0.15) is 0 Å². The number of hydrazine groups is 1. The van der Waals surface area contributed by atoms with E-state index in [9.17, 15) is 19.8 Å². The number of hydrogen-bond donors (Lipinski definition) is 3. The molecule has 1 heterocycles. The molecule has 41 heavy (non-hydrogen) atoms. The van der Waals surface area contributed by atoms with Crippen molar-refractivity contribution in [2.24, 2.45) is 5.92 Å². The summed E-state index contributed by atoms with van der Waals surface area (Å²) in [7, 11) is 0. The fraction of sp³-hybridized carbons (Fsp3) is 0.394. The molecule has 0 spiro atoms. The Bertz CT molecular complexity index is 1280. The minimum absolute atomic E-state index is 0.203. The summed E-state index contributed by atoms with van der Waals surface area (Å²) >= 11 is 0. The van der Waals surface area contributed by atoms with Crippen molar-refractivity contribution in [1.29, 1.82) is 0 Å². The van der Waals surface area contributed by atoms with Gasteiger partial charge in [-0.1, -0.05) is 84.9 Å². The number of carbonyl (C=O) groups is 2. The Morgan fingerprint density at radius 3 is 2.37 bits per heavy atom. The van der Waals surface area contributed by atoms with Crippen molar-refractivity contribution < 1.29 is 29.3 Å². The molecule has 216 valence electrons. The summed E-state index contributed by atoms with van der Waals surface area (Å²) in [6.07, 6.45) is -0.118. The second-order valence-electron chi connectivity index (χ2n) is 10.9. The SMILES string of the molecule is O=C(NN(C(=O)[C@H](Cc1ccccc1)C[C@@H](O)CCc1ccccc1)[C@H]1c2ccccc2C[C@H]1O)O[C@H]1CCOC1. The second-order valence-corrected chi connectivity index (χ2v) is 10.9. The van der Waals surface area contributed by atoms with Gasteiger partial charge in [-0.25, -0.2) is 15.2 Å². The van der Waals surface area contributed by atoms with Crippen LogP contribution in [0.15, 0.2) is 84.9 Å². The highest BCUT2D eigenvalue weighted by molar-refractivity contribution is 5.82. The van der Waals surface area contributed by atoms with Crippen molar-refractivity contribution >= 4 is 12.0 Å². The minimum Gasteiger partial charge on any atom is -0.442 e. The number of carbonyl (C=O) groups excluding carboxylic acids is 2. The van der Waals surface area contributed by atoms with Gasteiger partial charge in [-0.05, 0) is 47.9 Å². The zero-order chi connectivity index (χ0) is 28.6. The predicted molar refractivity (Wildman–Crippen MR) is 154 cm³/mol. The first-order valence-electron chi connectivity index (χ1n) is 14.4. The summed E-state index contributed by atoms with van der Waals surface area (Å²) in [6, 6.07) is 26.3. The maximum absolute atomic E-state index is 14.4. The number of aliphatic hydroxyl groups is 2. The molecular formula is C33H38N2O6. The molecule has 1 aliphatic carbocycles. The third-order valence-electron chi connectivity index (χ3n) is 7.90. The first-order valence-corrected chi connectivity index (χ1v) is 14.4. The number of amides is 2. The van der Waals surface area contributed by atoms with Crippen LogP contribution < -0.4 is 5.43 Å². The molecule has 0 unspecified atom stereocenters. The van der Waals surface area contributed by atoms with E-state index < -0.39 is 36.4 Å². The Kier molecular flexibility index (Phi) is 9.67. The van der Waals surface area contributed by atoms with Gasteiger partial charge in [-0.3, -0.25) is 4.79 Å². The summed E-state index contributed by atoms with van der Waals surface area (Å²) in [5, 5.41) is 23.5. The second kappa shape index (κ2) is 13.8. The van der Waals surface area contributed by atoms with Crippen molar-refractivity contribution in [2.45, 2.75) is 62.9 Å². The van der Waals surface area contributed by atoms with Crippen LogP contribution in [-0.2, 0) is 33.5 Å².